The molecule has 0 aliphatic carbocycles. The van der Waals surface area contributed by atoms with Gasteiger partial charge in [-0.05, 0) is 35.9 Å². The highest BCUT2D eigenvalue weighted by Crippen LogP contribution is 2.27. The van der Waals surface area contributed by atoms with Gasteiger partial charge in [0.1, 0.15) is 5.75 Å². The number of benzene rings is 2. The Kier molecular flexibility index (Phi) is 6.24. The summed E-state index contributed by atoms with van der Waals surface area (Å²) in [6, 6.07) is 12.3. The zero-order valence-corrected chi connectivity index (χ0v) is 14.3. The minimum atomic E-state index is -0.389. The van der Waals surface area contributed by atoms with E-state index in [-0.39, 0.29) is 12.5 Å². The van der Waals surface area contributed by atoms with Gasteiger partial charge in [0.15, 0.2) is 6.61 Å². The number of hydrazone groups is 1. The van der Waals surface area contributed by atoms with E-state index in [0.717, 1.165) is 10.0 Å². The molecule has 0 aromatic heterocycles. The van der Waals surface area contributed by atoms with Gasteiger partial charge in [0, 0.05) is 9.50 Å². The normalized spacial score (nSPS) is 10.7. The average molecular weight is 402 g/mol. The molecule has 0 radical (unpaired) electrons. The minimum Gasteiger partial charge on any atom is -0.482 e. The van der Waals surface area contributed by atoms with E-state index in [1.54, 1.807) is 24.4 Å². The van der Waals surface area contributed by atoms with Gasteiger partial charge in [-0.15, -0.1) is 0 Å². The van der Waals surface area contributed by atoms with Crippen molar-refractivity contribution in [2.45, 2.75) is 0 Å². The quantitative estimate of drug-likeness (QED) is 0.600. The Balaban J connectivity index is 1.81. The van der Waals surface area contributed by atoms with E-state index in [4.69, 9.17) is 27.9 Å². The number of nitrogens with one attached hydrogen (secondary N) is 1. The van der Waals surface area contributed by atoms with Gasteiger partial charge in [-0.25, -0.2) is 5.43 Å². The van der Waals surface area contributed by atoms with Crippen LogP contribution in [0.15, 0.2) is 52.0 Å². The minimum absolute atomic E-state index is 0.195. The smallest absolute Gasteiger partial charge is 0.277 e. The van der Waals surface area contributed by atoms with E-state index in [1.165, 1.54) is 0 Å². The molecule has 22 heavy (non-hydrogen) atoms. The number of halogens is 3. The van der Waals surface area contributed by atoms with Crippen LogP contribution in [0.25, 0.3) is 0 Å². The van der Waals surface area contributed by atoms with Crippen molar-refractivity contribution in [1.29, 1.82) is 0 Å². The SMILES string of the molecule is O=C(COc1ccc(Cl)cc1Cl)NN=Cc1ccc(Br)cc1. The molecule has 1 N–H and O–H groups in total. The van der Waals surface area contributed by atoms with Gasteiger partial charge >= 0.3 is 0 Å². The molecule has 0 aliphatic rings. The van der Waals surface area contributed by atoms with Gasteiger partial charge < -0.3 is 4.74 Å². The standard InChI is InChI=1S/C15H11BrCl2N2O2/c16-11-3-1-10(2-4-11)8-19-20-15(21)9-22-14-6-5-12(17)7-13(14)18/h1-8H,9H2,(H,20,21). The largest absolute Gasteiger partial charge is 0.482 e. The third-order valence-electron chi connectivity index (χ3n) is 2.53. The van der Waals surface area contributed by atoms with Gasteiger partial charge in [-0.1, -0.05) is 51.3 Å². The summed E-state index contributed by atoms with van der Waals surface area (Å²) in [4.78, 5) is 11.6. The predicted octanol–water partition coefficient (Wildman–Crippen LogP) is 4.29. The first-order chi connectivity index (χ1) is 10.5. The van der Waals surface area contributed by atoms with Crippen LogP contribution >= 0.6 is 39.1 Å². The number of hydrogen-bond acceptors (Lipinski definition) is 3. The van der Waals surface area contributed by atoms with Crippen molar-refractivity contribution in [3.05, 3.63) is 62.5 Å². The van der Waals surface area contributed by atoms with Crippen molar-refractivity contribution in [3.63, 3.8) is 0 Å². The lowest BCUT2D eigenvalue weighted by molar-refractivity contribution is -0.123. The molecule has 7 heteroatoms. The Morgan fingerprint density at radius 1 is 1.23 bits per heavy atom. The van der Waals surface area contributed by atoms with Crippen molar-refractivity contribution < 1.29 is 9.53 Å². The zero-order valence-electron chi connectivity index (χ0n) is 11.2. The Morgan fingerprint density at radius 2 is 1.95 bits per heavy atom. The van der Waals surface area contributed by atoms with Gasteiger partial charge in [0.25, 0.3) is 5.91 Å². The number of carbonyl (C=O) groups is 1. The summed E-state index contributed by atoms with van der Waals surface area (Å²) in [6.07, 6.45) is 1.54. The van der Waals surface area contributed by atoms with Crippen LogP contribution in [0, 0.1) is 0 Å². The maximum absolute atomic E-state index is 11.6. The molecule has 2 aromatic carbocycles. The van der Waals surface area contributed by atoms with E-state index in [9.17, 15) is 4.79 Å². The first kappa shape index (κ1) is 16.8. The molecular weight excluding hydrogens is 391 g/mol. The molecule has 2 aromatic rings. The van der Waals surface area contributed by atoms with Crippen LogP contribution in [0.5, 0.6) is 5.75 Å². The Bertz CT molecular complexity index is 690. The van der Waals surface area contributed by atoms with Gasteiger partial charge in [0.05, 0.1) is 11.2 Å². The van der Waals surface area contributed by atoms with Crippen molar-refractivity contribution in [1.82, 2.24) is 5.43 Å². The second-order valence-electron chi connectivity index (χ2n) is 4.21. The van der Waals surface area contributed by atoms with Crippen molar-refractivity contribution in [3.8, 4) is 5.75 Å². The van der Waals surface area contributed by atoms with Crippen LogP contribution < -0.4 is 10.2 Å². The van der Waals surface area contributed by atoms with Crippen LogP contribution in [0.1, 0.15) is 5.56 Å². The second kappa shape index (κ2) is 8.17. The Hall–Kier alpha value is -1.56. The molecule has 0 saturated carbocycles. The fourth-order valence-electron chi connectivity index (χ4n) is 1.50. The molecule has 0 bridgehead atoms. The van der Waals surface area contributed by atoms with Gasteiger partial charge in [-0.3, -0.25) is 4.79 Å². The van der Waals surface area contributed by atoms with Crippen LogP contribution in [-0.2, 0) is 4.79 Å². The molecule has 0 fully saturated rings. The average Bonchev–Trinajstić information content (AvgIpc) is 2.48. The highest BCUT2D eigenvalue weighted by Gasteiger charge is 2.05. The lowest BCUT2D eigenvalue weighted by atomic mass is 10.2. The first-order valence-electron chi connectivity index (χ1n) is 6.20. The maximum atomic E-state index is 11.6. The summed E-state index contributed by atoms with van der Waals surface area (Å²) < 4.78 is 6.26. The molecule has 0 unspecified atom stereocenters. The highest BCUT2D eigenvalue weighted by molar-refractivity contribution is 9.10. The highest BCUT2D eigenvalue weighted by atomic mass is 79.9. The predicted molar refractivity (Wildman–Crippen MR) is 91.8 cm³/mol. The van der Waals surface area contributed by atoms with E-state index in [1.807, 2.05) is 24.3 Å². The van der Waals surface area contributed by atoms with E-state index < -0.39 is 0 Å². The summed E-state index contributed by atoms with van der Waals surface area (Å²) in [7, 11) is 0. The first-order valence-corrected chi connectivity index (χ1v) is 7.75. The Labute approximate surface area is 146 Å². The van der Waals surface area contributed by atoms with Crippen molar-refractivity contribution >= 4 is 51.3 Å². The van der Waals surface area contributed by atoms with Crippen LogP contribution in [0.3, 0.4) is 0 Å². The topological polar surface area (TPSA) is 50.7 Å². The third kappa shape index (κ3) is 5.33. The van der Waals surface area contributed by atoms with Gasteiger partial charge in [-0.2, -0.15) is 5.10 Å². The molecule has 1 amide bonds. The molecule has 114 valence electrons. The summed E-state index contributed by atoms with van der Waals surface area (Å²) in [6.45, 7) is -0.195. The molecule has 0 saturated heterocycles. The summed E-state index contributed by atoms with van der Waals surface area (Å²) in [5.74, 6) is -0.00233. The third-order valence-corrected chi connectivity index (χ3v) is 3.58. The van der Waals surface area contributed by atoms with E-state index in [2.05, 4.69) is 26.5 Å². The molecule has 2 rings (SSSR count). The van der Waals surface area contributed by atoms with E-state index >= 15 is 0 Å². The molecule has 0 spiro atoms. The molecular formula is C15H11BrCl2N2O2. The Morgan fingerprint density at radius 3 is 2.64 bits per heavy atom. The maximum Gasteiger partial charge on any atom is 0.277 e. The zero-order chi connectivity index (χ0) is 15.9. The fraction of sp³-hybridized carbons (Fsp3) is 0.0667. The summed E-state index contributed by atoms with van der Waals surface area (Å²) >= 11 is 15.1. The number of nitrogens with zero attached hydrogens (tertiary/aromatic N) is 1. The van der Waals surface area contributed by atoms with Crippen molar-refractivity contribution in [2.24, 2.45) is 5.10 Å². The molecule has 0 aliphatic heterocycles. The van der Waals surface area contributed by atoms with E-state index in [0.29, 0.717) is 15.8 Å². The van der Waals surface area contributed by atoms with Crippen LogP contribution in [-0.4, -0.2) is 18.7 Å². The molecule has 4 nitrogen and oxygen atoms in total. The number of carbonyl (C=O) groups excluding carboxylic acids is 1. The number of ether oxygens (including phenoxy) is 1. The number of hydrogen-bond donors (Lipinski definition) is 1. The summed E-state index contributed by atoms with van der Waals surface area (Å²) in [5.41, 5.74) is 3.24. The van der Waals surface area contributed by atoms with Crippen LogP contribution in [0.2, 0.25) is 10.0 Å². The second-order valence-corrected chi connectivity index (χ2v) is 5.97. The fourth-order valence-corrected chi connectivity index (χ4v) is 2.22. The van der Waals surface area contributed by atoms with Crippen molar-refractivity contribution in [2.75, 3.05) is 6.61 Å². The lowest BCUT2D eigenvalue weighted by Gasteiger charge is -2.06. The monoisotopic (exact) mass is 400 g/mol. The van der Waals surface area contributed by atoms with Crippen LogP contribution in [0.4, 0.5) is 0 Å². The molecule has 0 heterocycles. The summed E-state index contributed by atoms with van der Waals surface area (Å²) in [5, 5.41) is 4.69. The number of amides is 1. The number of rotatable bonds is 5. The lowest BCUT2D eigenvalue weighted by Crippen LogP contribution is -2.24. The van der Waals surface area contributed by atoms with Gasteiger partial charge in [0.2, 0.25) is 0 Å². The molecule has 0 atom stereocenters.